The molecule has 5 heteroatoms. The molecular formula is C16H32N4O. The van der Waals surface area contributed by atoms with E-state index in [1.165, 1.54) is 45.3 Å². The number of nitrogens with zero attached hydrogens (tertiary/aromatic N) is 3. The summed E-state index contributed by atoms with van der Waals surface area (Å²) >= 11 is 0. The number of nitrogens with two attached hydrogens (primary N) is 1. The van der Waals surface area contributed by atoms with Crippen molar-refractivity contribution < 1.29 is 4.79 Å². The van der Waals surface area contributed by atoms with Crippen LogP contribution in [0.5, 0.6) is 0 Å². The van der Waals surface area contributed by atoms with Crippen molar-refractivity contribution in [3.63, 3.8) is 0 Å². The van der Waals surface area contributed by atoms with Gasteiger partial charge in [0.15, 0.2) is 0 Å². The Kier molecular flexibility index (Phi) is 6.45. The third-order valence-electron chi connectivity index (χ3n) is 5.06. The van der Waals surface area contributed by atoms with Crippen LogP contribution in [0.4, 0.5) is 0 Å². The smallest absolute Gasteiger partial charge is 0.223 e. The highest BCUT2D eigenvalue weighted by Gasteiger charge is 2.27. The molecule has 122 valence electrons. The molecule has 0 bridgehead atoms. The molecule has 0 aromatic heterocycles. The average Bonchev–Trinajstić information content (AvgIpc) is 2.98. The molecule has 0 aliphatic carbocycles. The normalized spacial score (nSPS) is 23.4. The first-order valence-corrected chi connectivity index (χ1v) is 8.46. The fraction of sp³-hybridized carbons (Fsp3) is 0.938. The van der Waals surface area contributed by atoms with Crippen LogP contribution in [-0.2, 0) is 4.79 Å². The number of hydrogen-bond acceptors (Lipinski definition) is 4. The maximum absolute atomic E-state index is 11.9. The number of amides is 1. The van der Waals surface area contributed by atoms with E-state index in [9.17, 15) is 4.79 Å². The van der Waals surface area contributed by atoms with Gasteiger partial charge in [0, 0.05) is 39.6 Å². The zero-order valence-electron chi connectivity index (χ0n) is 13.8. The Morgan fingerprint density at radius 1 is 1.19 bits per heavy atom. The molecule has 2 aliphatic heterocycles. The Labute approximate surface area is 129 Å². The molecule has 0 aromatic carbocycles. The van der Waals surface area contributed by atoms with Gasteiger partial charge in [0.1, 0.15) is 0 Å². The number of carbonyl (C=O) groups excluding carboxylic acids is 1. The molecule has 21 heavy (non-hydrogen) atoms. The van der Waals surface area contributed by atoms with Crippen LogP contribution in [0.2, 0.25) is 0 Å². The summed E-state index contributed by atoms with van der Waals surface area (Å²) in [4.78, 5) is 18.6. The van der Waals surface area contributed by atoms with Gasteiger partial charge in [-0.1, -0.05) is 0 Å². The third-order valence-corrected chi connectivity index (χ3v) is 5.06. The predicted molar refractivity (Wildman–Crippen MR) is 86.1 cm³/mol. The van der Waals surface area contributed by atoms with Crippen LogP contribution in [0.25, 0.3) is 0 Å². The summed E-state index contributed by atoms with van der Waals surface area (Å²) in [5, 5.41) is 0. The van der Waals surface area contributed by atoms with Gasteiger partial charge < -0.3 is 15.5 Å². The van der Waals surface area contributed by atoms with Gasteiger partial charge in [-0.2, -0.15) is 0 Å². The molecule has 2 aliphatic rings. The molecule has 0 saturated carbocycles. The third kappa shape index (κ3) is 4.94. The first kappa shape index (κ1) is 16.7. The molecular weight excluding hydrogens is 264 g/mol. The highest BCUT2D eigenvalue weighted by molar-refractivity contribution is 5.76. The highest BCUT2D eigenvalue weighted by atomic mass is 16.2. The van der Waals surface area contributed by atoms with Gasteiger partial charge in [0.25, 0.3) is 0 Å². The van der Waals surface area contributed by atoms with Gasteiger partial charge >= 0.3 is 0 Å². The number of carbonyl (C=O) groups is 1. The molecule has 2 saturated heterocycles. The van der Waals surface area contributed by atoms with Crippen LogP contribution in [0.15, 0.2) is 0 Å². The monoisotopic (exact) mass is 296 g/mol. The van der Waals surface area contributed by atoms with Crippen molar-refractivity contribution in [3.05, 3.63) is 0 Å². The van der Waals surface area contributed by atoms with Crippen LogP contribution in [0, 0.1) is 5.92 Å². The lowest BCUT2D eigenvalue weighted by molar-refractivity contribution is -0.130. The fourth-order valence-corrected chi connectivity index (χ4v) is 3.58. The molecule has 2 heterocycles. The molecule has 1 amide bonds. The maximum atomic E-state index is 11.9. The maximum Gasteiger partial charge on any atom is 0.223 e. The van der Waals surface area contributed by atoms with Crippen molar-refractivity contribution in [2.75, 3.05) is 53.4 Å². The molecule has 0 radical (unpaired) electrons. The molecule has 2 fully saturated rings. The molecule has 5 nitrogen and oxygen atoms in total. The van der Waals surface area contributed by atoms with E-state index in [4.69, 9.17) is 5.73 Å². The zero-order chi connectivity index (χ0) is 15.2. The summed E-state index contributed by atoms with van der Waals surface area (Å²) in [6.07, 6.45) is 5.81. The molecule has 0 spiro atoms. The van der Waals surface area contributed by atoms with E-state index in [0.717, 1.165) is 19.0 Å². The topological polar surface area (TPSA) is 52.8 Å². The van der Waals surface area contributed by atoms with Crippen LogP contribution in [0.3, 0.4) is 0 Å². The summed E-state index contributed by atoms with van der Waals surface area (Å²) in [6.45, 7) is 6.64. The van der Waals surface area contributed by atoms with Gasteiger partial charge in [-0.15, -0.1) is 0 Å². The second-order valence-electron chi connectivity index (χ2n) is 6.87. The molecule has 1 unspecified atom stereocenters. The summed E-state index contributed by atoms with van der Waals surface area (Å²) < 4.78 is 0. The summed E-state index contributed by atoms with van der Waals surface area (Å²) in [6, 6.07) is 0.215. The molecule has 1 atom stereocenters. The van der Waals surface area contributed by atoms with E-state index in [2.05, 4.69) is 9.80 Å². The predicted octanol–water partition coefficient (Wildman–Crippen LogP) is 0.600. The molecule has 2 rings (SSSR count). The lowest BCUT2D eigenvalue weighted by atomic mass is 9.94. The van der Waals surface area contributed by atoms with E-state index in [0.29, 0.717) is 13.0 Å². The van der Waals surface area contributed by atoms with Crippen LogP contribution < -0.4 is 5.73 Å². The van der Waals surface area contributed by atoms with Crippen LogP contribution in [0.1, 0.15) is 32.1 Å². The van der Waals surface area contributed by atoms with E-state index in [-0.39, 0.29) is 11.9 Å². The average molecular weight is 296 g/mol. The Morgan fingerprint density at radius 3 is 2.33 bits per heavy atom. The first-order valence-electron chi connectivity index (χ1n) is 8.46. The second-order valence-corrected chi connectivity index (χ2v) is 6.87. The minimum absolute atomic E-state index is 0.185. The Balaban J connectivity index is 1.74. The second kappa shape index (κ2) is 8.11. The number of piperidine rings is 1. The zero-order valence-corrected chi connectivity index (χ0v) is 13.8. The van der Waals surface area contributed by atoms with Gasteiger partial charge in [0.2, 0.25) is 5.91 Å². The van der Waals surface area contributed by atoms with E-state index in [1.54, 1.807) is 4.90 Å². The molecule has 2 N–H and O–H groups in total. The van der Waals surface area contributed by atoms with Crippen LogP contribution in [-0.4, -0.2) is 80.0 Å². The first-order chi connectivity index (χ1) is 10.1. The van der Waals surface area contributed by atoms with Crippen molar-refractivity contribution in [1.29, 1.82) is 0 Å². The summed E-state index contributed by atoms with van der Waals surface area (Å²) in [5.41, 5.74) is 5.90. The number of rotatable bonds is 6. The van der Waals surface area contributed by atoms with Crippen molar-refractivity contribution in [3.8, 4) is 0 Å². The van der Waals surface area contributed by atoms with Gasteiger partial charge in [0.05, 0.1) is 0 Å². The SMILES string of the molecule is CN(C)C(=O)CC(CN)N1CCC(CN2CCCC2)CC1. The van der Waals surface area contributed by atoms with E-state index >= 15 is 0 Å². The summed E-state index contributed by atoms with van der Waals surface area (Å²) in [5.74, 6) is 1.02. The Hall–Kier alpha value is -0.650. The van der Waals surface area contributed by atoms with E-state index in [1.807, 2.05) is 14.1 Å². The highest BCUT2D eigenvalue weighted by Crippen LogP contribution is 2.22. The fourth-order valence-electron chi connectivity index (χ4n) is 3.58. The van der Waals surface area contributed by atoms with Crippen molar-refractivity contribution in [2.45, 2.75) is 38.1 Å². The quantitative estimate of drug-likeness (QED) is 0.780. The summed E-state index contributed by atoms with van der Waals surface area (Å²) in [7, 11) is 3.64. The van der Waals surface area contributed by atoms with E-state index < -0.39 is 0 Å². The Bertz CT molecular complexity index is 320. The van der Waals surface area contributed by atoms with Gasteiger partial charge in [-0.25, -0.2) is 0 Å². The van der Waals surface area contributed by atoms with Crippen LogP contribution >= 0.6 is 0 Å². The largest absolute Gasteiger partial charge is 0.349 e. The Morgan fingerprint density at radius 2 is 1.81 bits per heavy atom. The minimum atomic E-state index is 0.185. The lowest BCUT2D eigenvalue weighted by Crippen LogP contribution is -2.48. The van der Waals surface area contributed by atoms with Crippen molar-refractivity contribution in [1.82, 2.24) is 14.7 Å². The standard InChI is InChI=1S/C16H32N4O/c1-18(2)16(21)11-15(12-17)20-9-5-14(6-10-20)13-19-7-3-4-8-19/h14-15H,3-13,17H2,1-2H3. The van der Waals surface area contributed by atoms with Crippen molar-refractivity contribution in [2.24, 2.45) is 11.7 Å². The number of likely N-dealkylation sites (tertiary alicyclic amines) is 2. The van der Waals surface area contributed by atoms with Crippen molar-refractivity contribution >= 4 is 5.91 Å². The number of hydrogen-bond donors (Lipinski definition) is 1. The van der Waals surface area contributed by atoms with Gasteiger partial charge in [-0.05, 0) is 57.8 Å². The van der Waals surface area contributed by atoms with Gasteiger partial charge in [-0.3, -0.25) is 9.69 Å². The molecule has 0 aromatic rings. The lowest BCUT2D eigenvalue weighted by Gasteiger charge is -2.38. The minimum Gasteiger partial charge on any atom is -0.349 e.